The molecule has 118 valence electrons. The monoisotopic (exact) mass is 294 g/mol. The molecule has 2 aliphatic rings. The van der Waals surface area contributed by atoms with Crippen LogP contribution < -0.4 is 10.6 Å². The molecule has 0 radical (unpaired) electrons. The van der Waals surface area contributed by atoms with Crippen LogP contribution in [0.3, 0.4) is 0 Å². The number of hydrogen-bond acceptors (Lipinski definition) is 2. The molecule has 0 heterocycles. The van der Waals surface area contributed by atoms with Gasteiger partial charge in [-0.15, -0.1) is 0 Å². The van der Waals surface area contributed by atoms with Crippen LogP contribution >= 0.6 is 0 Å². The van der Waals surface area contributed by atoms with Crippen molar-refractivity contribution in [2.24, 2.45) is 5.92 Å². The fourth-order valence-electron chi connectivity index (χ4n) is 3.43. The molecule has 2 rings (SSSR count). The smallest absolute Gasteiger partial charge is 0.315 e. The highest BCUT2D eigenvalue weighted by Crippen LogP contribution is 2.31. The van der Waals surface area contributed by atoms with E-state index in [0.29, 0.717) is 12.5 Å². The summed E-state index contributed by atoms with van der Waals surface area (Å²) in [6.07, 6.45) is 12.2. The van der Waals surface area contributed by atoms with Crippen LogP contribution in [0.4, 0.5) is 4.79 Å². The van der Waals surface area contributed by atoms with Crippen molar-refractivity contribution in [3.63, 3.8) is 0 Å². The van der Waals surface area contributed by atoms with Crippen LogP contribution in [0.1, 0.15) is 57.8 Å². The number of aliphatic carboxylic acids is 1. The van der Waals surface area contributed by atoms with E-state index in [-0.39, 0.29) is 12.5 Å². The van der Waals surface area contributed by atoms with Crippen molar-refractivity contribution < 1.29 is 14.7 Å². The molecular formula is C16H26N2O3. The van der Waals surface area contributed by atoms with Gasteiger partial charge >= 0.3 is 12.0 Å². The molecule has 0 spiro atoms. The zero-order valence-electron chi connectivity index (χ0n) is 12.6. The minimum atomic E-state index is -0.838. The lowest BCUT2D eigenvalue weighted by Crippen LogP contribution is -2.54. The SMILES string of the molecule is O=C(O)CC1(NC(=O)NCC2CC=CCC2)CCCCC1. The summed E-state index contributed by atoms with van der Waals surface area (Å²) in [5.74, 6) is -0.336. The Morgan fingerprint density at radius 2 is 1.95 bits per heavy atom. The average molecular weight is 294 g/mol. The first-order valence-electron chi connectivity index (χ1n) is 8.02. The summed E-state index contributed by atoms with van der Waals surface area (Å²) in [5.41, 5.74) is -0.555. The van der Waals surface area contributed by atoms with E-state index in [9.17, 15) is 9.59 Å². The number of hydrogen-bond donors (Lipinski definition) is 3. The molecular weight excluding hydrogens is 268 g/mol. The molecule has 5 nitrogen and oxygen atoms in total. The van der Waals surface area contributed by atoms with Crippen molar-refractivity contribution in [1.29, 1.82) is 0 Å². The third kappa shape index (κ3) is 5.06. The number of carbonyl (C=O) groups is 2. The predicted octanol–water partition coefficient (Wildman–Crippen LogP) is 2.82. The lowest BCUT2D eigenvalue weighted by molar-refractivity contribution is -0.139. The molecule has 0 aliphatic heterocycles. The number of carboxylic acids is 1. The fraction of sp³-hybridized carbons (Fsp3) is 0.750. The summed E-state index contributed by atoms with van der Waals surface area (Å²) < 4.78 is 0. The molecule has 0 aromatic heterocycles. The topological polar surface area (TPSA) is 78.4 Å². The van der Waals surface area contributed by atoms with Gasteiger partial charge in [0.1, 0.15) is 0 Å². The Balaban J connectivity index is 1.82. The molecule has 1 fully saturated rings. The van der Waals surface area contributed by atoms with Gasteiger partial charge in [-0.05, 0) is 38.0 Å². The number of amides is 2. The first kappa shape index (κ1) is 15.9. The number of rotatable bonds is 5. The zero-order chi connectivity index (χ0) is 15.1. The first-order valence-corrected chi connectivity index (χ1v) is 8.02. The normalized spacial score (nSPS) is 24.3. The van der Waals surface area contributed by atoms with Gasteiger partial charge in [-0.3, -0.25) is 4.79 Å². The van der Waals surface area contributed by atoms with Crippen LogP contribution in [0.15, 0.2) is 12.2 Å². The second kappa shape index (κ2) is 7.48. The van der Waals surface area contributed by atoms with E-state index < -0.39 is 11.5 Å². The maximum Gasteiger partial charge on any atom is 0.315 e. The third-order valence-electron chi connectivity index (χ3n) is 4.61. The number of urea groups is 1. The summed E-state index contributed by atoms with van der Waals surface area (Å²) >= 11 is 0. The molecule has 0 aromatic carbocycles. The lowest BCUT2D eigenvalue weighted by Gasteiger charge is -2.37. The molecule has 1 unspecified atom stereocenters. The summed E-state index contributed by atoms with van der Waals surface area (Å²) in [6.45, 7) is 0.666. The van der Waals surface area contributed by atoms with Crippen LogP contribution in [0.5, 0.6) is 0 Å². The van der Waals surface area contributed by atoms with E-state index in [1.54, 1.807) is 0 Å². The minimum absolute atomic E-state index is 0.0204. The van der Waals surface area contributed by atoms with E-state index in [4.69, 9.17) is 5.11 Å². The Kier molecular flexibility index (Phi) is 5.65. The highest BCUT2D eigenvalue weighted by atomic mass is 16.4. The number of carbonyl (C=O) groups excluding carboxylic acids is 1. The molecule has 21 heavy (non-hydrogen) atoms. The Morgan fingerprint density at radius 3 is 2.57 bits per heavy atom. The molecule has 0 aromatic rings. The van der Waals surface area contributed by atoms with Gasteiger partial charge in [0.05, 0.1) is 12.0 Å². The van der Waals surface area contributed by atoms with Gasteiger partial charge in [-0.1, -0.05) is 31.4 Å². The Labute approximate surface area is 126 Å². The van der Waals surface area contributed by atoms with E-state index in [0.717, 1.165) is 51.4 Å². The Bertz CT molecular complexity index is 400. The van der Waals surface area contributed by atoms with Gasteiger partial charge < -0.3 is 15.7 Å². The molecule has 1 atom stereocenters. The van der Waals surface area contributed by atoms with Gasteiger partial charge in [-0.2, -0.15) is 0 Å². The van der Waals surface area contributed by atoms with E-state index in [1.807, 2.05) is 0 Å². The average Bonchev–Trinajstić information content (AvgIpc) is 2.46. The van der Waals surface area contributed by atoms with Gasteiger partial charge in [0.15, 0.2) is 0 Å². The molecule has 5 heteroatoms. The fourth-order valence-corrected chi connectivity index (χ4v) is 3.43. The molecule has 2 amide bonds. The van der Waals surface area contributed by atoms with Gasteiger partial charge in [0, 0.05) is 6.54 Å². The minimum Gasteiger partial charge on any atom is -0.481 e. The number of allylic oxidation sites excluding steroid dienone is 2. The highest BCUT2D eigenvalue weighted by molar-refractivity contribution is 5.76. The molecule has 2 aliphatic carbocycles. The summed E-state index contributed by atoms with van der Waals surface area (Å²) in [5, 5.41) is 15.0. The molecule has 1 saturated carbocycles. The summed E-state index contributed by atoms with van der Waals surface area (Å²) in [4.78, 5) is 23.2. The summed E-state index contributed by atoms with van der Waals surface area (Å²) in [6, 6.07) is -0.215. The van der Waals surface area contributed by atoms with Crippen molar-refractivity contribution in [3.8, 4) is 0 Å². The molecule has 0 saturated heterocycles. The zero-order valence-corrected chi connectivity index (χ0v) is 12.6. The number of carboxylic acid groups (broad SMARTS) is 1. The van der Waals surface area contributed by atoms with Crippen LogP contribution in [0, 0.1) is 5.92 Å². The van der Waals surface area contributed by atoms with Gasteiger partial charge in [0.2, 0.25) is 0 Å². The third-order valence-corrected chi connectivity index (χ3v) is 4.61. The predicted molar refractivity (Wildman–Crippen MR) is 81.1 cm³/mol. The Morgan fingerprint density at radius 1 is 1.19 bits per heavy atom. The van der Waals surface area contributed by atoms with E-state index in [2.05, 4.69) is 22.8 Å². The van der Waals surface area contributed by atoms with E-state index in [1.165, 1.54) is 0 Å². The number of nitrogens with one attached hydrogen (secondary N) is 2. The highest BCUT2D eigenvalue weighted by Gasteiger charge is 2.35. The maximum atomic E-state index is 12.1. The van der Waals surface area contributed by atoms with Crippen LogP contribution in [0.2, 0.25) is 0 Å². The van der Waals surface area contributed by atoms with Crippen molar-refractivity contribution in [3.05, 3.63) is 12.2 Å². The van der Waals surface area contributed by atoms with Crippen LogP contribution in [-0.2, 0) is 4.79 Å². The quantitative estimate of drug-likeness (QED) is 0.682. The standard InChI is InChI=1S/C16H26N2O3/c19-14(20)11-16(9-5-2-6-10-16)18-15(21)17-12-13-7-3-1-4-8-13/h1,3,13H,2,4-12H2,(H,19,20)(H2,17,18,21). The van der Waals surface area contributed by atoms with Crippen LogP contribution in [0.25, 0.3) is 0 Å². The van der Waals surface area contributed by atoms with Crippen molar-refractivity contribution >= 4 is 12.0 Å². The second-order valence-electron chi connectivity index (χ2n) is 6.40. The van der Waals surface area contributed by atoms with Crippen molar-refractivity contribution in [1.82, 2.24) is 10.6 Å². The summed E-state index contributed by atoms with van der Waals surface area (Å²) in [7, 11) is 0. The van der Waals surface area contributed by atoms with Crippen molar-refractivity contribution in [2.75, 3.05) is 6.54 Å². The first-order chi connectivity index (χ1) is 10.1. The van der Waals surface area contributed by atoms with Crippen LogP contribution in [-0.4, -0.2) is 29.2 Å². The lowest BCUT2D eigenvalue weighted by atomic mass is 9.79. The van der Waals surface area contributed by atoms with Gasteiger partial charge in [-0.25, -0.2) is 4.79 Å². The molecule has 0 bridgehead atoms. The van der Waals surface area contributed by atoms with Gasteiger partial charge in [0.25, 0.3) is 0 Å². The largest absolute Gasteiger partial charge is 0.481 e. The maximum absolute atomic E-state index is 12.1. The Hall–Kier alpha value is -1.52. The molecule has 3 N–H and O–H groups in total. The second-order valence-corrected chi connectivity index (χ2v) is 6.40. The van der Waals surface area contributed by atoms with E-state index >= 15 is 0 Å². The van der Waals surface area contributed by atoms with Crippen molar-refractivity contribution in [2.45, 2.75) is 63.3 Å².